The molecule has 0 spiro atoms. The van der Waals surface area contributed by atoms with Crippen LogP contribution in [0.1, 0.15) is 70.4 Å². The minimum Gasteiger partial charge on any atom is -0.381 e. The summed E-state index contributed by atoms with van der Waals surface area (Å²) in [5, 5.41) is 0. The van der Waals surface area contributed by atoms with Gasteiger partial charge in [-0.1, -0.05) is 6.07 Å². The average Bonchev–Trinajstić information content (AvgIpc) is 3.48. The average molecular weight is 470 g/mol. The lowest BCUT2D eigenvalue weighted by atomic mass is 9.98. The van der Waals surface area contributed by atoms with Crippen molar-refractivity contribution in [3.63, 3.8) is 0 Å². The van der Waals surface area contributed by atoms with Crippen LogP contribution in [0.3, 0.4) is 0 Å². The lowest BCUT2D eigenvalue weighted by Gasteiger charge is -2.22. The molecule has 178 valence electrons. The number of aryl methyl sites for hydroxylation is 1. The maximum atomic E-state index is 13.9. The van der Waals surface area contributed by atoms with Crippen molar-refractivity contribution in [3.05, 3.63) is 69.0 Å². The molecule has 1 aliphatic carbocycles. The van der Waals surface area contributed by atoms with Crippen LogP contribution in [-0.2, 0) is 11.2 Å². The molecule has 0 radical (unpaired) electrons. The number of carbonyl (C=O) groups excluding carboxylic acids is 1. The van der Waals surface area contributed by atoms with Crippen LogP contribution < -0.4 is 10.5 Å². The Morgan fingerprint density at radius 3 is 2.66 bits per heavy atom. The van der Waals surface area contributed by atoms with Gasteiger partial charge in [0.05, 0.1) is 17.2 Å². The number of hydrogen-bond acceptors (Lipinski definition) is 5. The number of nitrogens with zero attached hydrogens (tertiary/aromatic N) is 4. The predicted octanol–water partition coefficient (Wildman–Crippen LogP) is 3.85. The zero-order valence-corrected chi connectivity index (χ0v) is 19.7. The van der Waals surface area contributed by atoms with Crippen molar-refractivity contribution in [2.75, 3.05) is 24.7 Å². The van der Waals surface area contributed by atoms with Gasteiger partial charge in [0.15, 0.2) is 0 Å². The summed E-state index contributed by atoms with van der Waals surface area (Å²) in [6.45, 7) is 4.06. The number of pyridine rings is 1. The van der Waals surface area contributed by atoms with E-state index in [2.05, 4.69) is 27.1 Å². The van der Waals surface area contributed by atoms with E-state index >= 15 is 0 Å². The molecule has 5 heterocycles. The minimum absolute atomic E-state index is 0.0415. The summed E-state index contributed by atoms with van der Waals surface area (Å²) in [6.07, 6.45) is 8.22. The molecule has 2 fully saturated rings. The number of imidazole rings is 1. The van der Waals surface area contributed by atoms with Crippen molar-refractivity contribution in [2.24, 2.45) is 0 Å². The molecule has 2 aliphatic heterocycles. The summed E-state index contributed by atoms with van der Waals surface area (Å²) in [5.41, 5.74) is 5.87. The Labute approximate surface area is 202 Å². The first-order chi connectivity index (χ1) is 17.1. The number of carbonyl (C=O) groups is 1. The number of nitrogens with one attached hydrogen (secondary N) is 1. The van der Waals surface area contributed by atoms with Crippen molar-refractivity contribution in [2.45, 2.75) is 50.9 Å². The zero-order chi connectivity index (χ0) is 23.7. The third-order valence-electron chi connectivity index (χ3n) is 7.70. The predicted molar refractivity (Wildman–Crippen MR) is 132 cm³/mol. The van der Waals surface area contributed by atoms with Gasteiger partial charge in [0, 0.05) is 37.4 Å². The second kappa shape index (κ2) is 7.75. The third kappa shape index (κ3) is 3.31. The van der Waals surface area contributed by atoms with E-state index in [0.717, 1.165) is 66.0 Å². The Balaban J connectivity index is 1.40. The molecule has 4 aromatic rings. The Hall–Kier alpha value is -3.52. The van der Waals surface area contributed by atoms with Gasteiger partial charge in [-0.15, -0.1) is 0 Å². The highest BCUT2D eigenvalue weighted by molar-refractivity contribution is 6.09. The van der Waals surface area contributed by atoms with Gasteiger partial charge in [-0.05, 0) is 73.8 Å². The molecule has 7 rings (SSSR count). The maximum absolute atomic E-state index is 13.9. The molecule has 0 unspecified atom stereocenters. The van der Waals surface area contributed by atoms with Crippen molar-refractivity contribution >= 4 is 28.3 Å². The first-order valence-corrected chi connectivity index (χ1v) is 12.5. The summed E-state index contributed by atoms with van der Waals surface area (Å²) in [7, 11) is 0. The Kier molecular flexibility index (Phi) is 4.61. The third-order valence-corrected chi connectivity index (χ3v) is 7.70. The van der Waals surface area contributed by atoms with Gasteiger partial charge < -0.3 is 9.72 Å². The number of H-pyrrole nitrogens is 1. The summed E-state index contributed by atoms with van der Waals surface area (Å²) < 4.78 is 7.56. The molecule has 3 aliphatic rings. The standard InChI is InChI=1S/C27H27N5O3/c1-15-10-18-4-7-31(24(18)28-13-15)27(34)20-11-21-22(12-19(20)16-2-3-16)32-23(26(33)30-21)14-29-25(32)17-5-8-35-9-6-17/h10-14,16-17H,2-9H2,1H3,(H,30,33). The van der Waals surface area contributed by atoms with Crippen molar-refractivity contribution in [1.29, 1.82) is 0 Å². The van der Waals surface area contributed by atoms with E-state index in [-0.39, 0.29) is 17.4 Å². The van der Waals surface area contributed by atoms with Crippen LogP contribution in [0.2, 0.25) is 0 Å². The molecular formula is C27H27N5O3. The normalized spacial score (nSPS) is 18.5. The molecular weight excluding hydrogens is 442 g/mol. The van der Waals surface area contributed by atoms with Crippen LogP contribution >= 0.6 is 0 Å². The minimum atomic E-state index is -0.190. The fourth-order valence-corrected chi connectivity index (χ4v) is 5.75. The second-order valence-electron chi connectivity index (χ2n) is 10.1. The van der Waals surface area contributed by atoms with E-state index < -0.39 is 0 Å². The SMILES string of the molecule is Cc1cnc2c(c1)CCN2C(=O)c1cc2[nH]c(=O)c3cnc(C4CCOCC4)n3c2cc1C1CC1. The number of aromatic amines is 1. The smallest absolute Gasteiger partial charge is 0.274 e. The molecule has 0 bridgehead atoms. The van der Waals surface area contributed by atoms with Gasteiger partial charge in [0.2, 0.25) is 0 Å². The van der Waals surface area contributed by atoms with E-state index in [0.29, 0.717) is 42.3 Å². The first kappa shape index (κ1) is 20.8. The number of ether oxygens (including phenoxy) is 1. The molecule has 3 aromatic heterocycles. The van der Waals surface area contributed by atoms with Crippen LogP contribution in [0.25, 0.3) is 16.6 Å². The first-order valence-electron chi connectivity index (χ1n) is 12.5. The summed E-state index contributed by atoms with van der Waals surface area (Å²) in [6, 6.07) is 6.11. The highest BCUT2D eigenvalue weighted by Gasteiger charge is 2.34. The molecule has 1 N–H and O–H groups in total. The van der Waals surface area contributed by atoms with E-state index in [1.165, 1.54) is 0 Å². The molecule has 8 heteroatoms. The molecule has 1 saturated heterocycles. The van der Waals surface area contributed by atoms with Crippen LogP contribution in [0, 0.1) is 6.92 Å². The Bertz CT molecular complexity index is 1560. The van der Waals surface area contributed by atoms with E-state index in [1.807, 2.05) is 23.6 Å². The van der Waals surface area contributed by atoms with Gasteiger partial charge in [-0.25, -0.2) is 9.97 Å². The quantitative estimate of drug-likeness (QED) is 0.492. The summed E-state index contributed by atoms with van der Waals surface area (Å²) in [5.74, 6) is 2.23. The summed E-state index contributed by atoms with van der Waals surface area (Å²) >= 11 is 0. The van der Waals surface area contributed by atoms with Crippen molar-refractivity contribution < 1.29 is 9.53 Å². The molecule has 35 heavy (non-hydrogen) atoms. The molecule has 8 nitrogen and oxygen atoms in total. The van der Waals surface area contributed by atoms with Gasteiger partial charge in [0.25, 0.3) is 11.5 Å². The number of anilines is 1. The van der Waals surface area contributed by atoms with Crippen LogP contribution in [0.5, 0.6) is 0 Å². The number of fused-ring (bicyclic) bond motifs is 4. The lowest BCUT2D eigenvalue weighted by Crippen LogP contribution is -2.30. The number of rotatable bonds is 3. The van der Waals surface area contributed by atoms with Gasteiger partial charge in [-0.3, -0.25) is 18.9 Å². The Morgan fingerprint density at radius 1 is 1.03 bits per heavy atom. The topological polar surface area (TPSA) is 92.6 Å². The monoisotopic (exact) mass is 469 g/mol. The molecule has 1 saturated carbocycles. The fourth-order valence-electron chi connectivity index (χ4n) is 5.75. The molecule has 1 aromatic carbocycles. The molecule has 0 atom stereocenters. The number of hydrogen-bond donors (Lipinski definition) is 1. The number of amides is 1. The van der Waals surface area contributed by atoms with Crippen LogP contribution in [0.4, 0.5) is 5.82 Å². The summed E-state index contributed by atoms with van der Waals surface area (Å²) in [4.78, 5) is 40.9. The maximum Gasteiger partial charge on any atom is 0.274 e. The Morgan fingerprint density at radius 2 is 1.86 bits per heavy atom. The lowest BCUT2D eigenvalue weighted by molar-refractivity contribution is 0.0835. The molecule has 1 amide bonds. The zero-order valence-electron chi connectivity index (χ0n) is 19.7. The van der Waals surface area contributed by atoms with Crippen LogP contribution in [-0.4, -0.2) is 45.0 Å². The van der Waals surface area contributed by atoms with Crippen molar-refractivity contribution in [1.82, 2.24) is 19.4 Å². The van der Waals surface area contributed by atoms with Gasteiger partial charge in [0.1, 0.15) is 17.2 Å². The highest BCUT2D eigenvalue weighted by atomic mass is 16.5. The van der Waals surface area contributed by atoms with E-state index in [4.69, 9.17) is 4.74 Å². The number of aromatic nitrogens is 4. The van der Waals surface area contributed by atoms with E-state index in [1.54, 1.807) is 11.1 Å². The largest absolute Gasteiger partial charge is 0.381 e. The van der Waals surface area contributed by atoms with E-state index in [9.17, 15) is 9.59 Å². The van der Waals surface area contributed by atoms with Crippen molar-refractivity contribution in [3.8, 4) is 0 Å². The van der Waals surface area contributed by atoms with Gasteiger partial charge in [-0.2, -0.15) is 0 Å². The van der Waals surface area contributed by atoms with Crippen LogP contribution in [0.15, 0.2) is 35.4 Å². The van der Waals surface area contributed by atoms with Gasteiger partial charge >= 0.3 is 0 Å². The number of benzene rings is 1. The highest BCUT2D eigenvalue weighted by Crippen LogP contribution is 2.44. The second-order valence-corrected chi connectivity index (χ2v) is 10.1. The fraction of sp³-hybridized carbons (Fsp3) is 0.407.